The molecule has 0 saturated heterocycles. The Bertz CT molecular complexity index is 954. The summed E-state index contributed by atoms with van der Waals surface area (Å²) in [6, 6.07) is 15.6. The van der Waals surface area contributed by atoms with E-state index in [1.165, 1.54) is 7.11 Å². The molecule has 33 heavy (non-hydrogen) atoms. The summed E-state index contributed by atoms with van der Waals surface area (Å²) in [7, 11) is 1.22. The van der Waals surface area contributed by atoms with Gasteiger partial charge in [-0.15, -0.1) is 0 Å². The number of hydrogen-bond donors (Lipinski definition) is 2. The number of ketones is 1. The van der Waals surface area contributed by atoms with E-state index in [9.17, 15) is 19.2 Å². The molecule has 0 spiro atoms. The zero-order chi connectivity index (χ0) is 24.4. The molecule has 0 bridgehead atoms. The molecule has 0 saturated carbocycles. The molecule has 8 nitrogen and oxygen atoms in total. The molecule has 2 aromatic rings. The van der Waals surface area contributed by atoms with Gasteiger partial charge in [0.15, 0.2) is 11.8 Å². The van der Waals surface area contributed by atoms with Gasteiger partial charge >= 0.3 is 12.1 Å². The van der Waals surface area contributed by atoms with Crippen molar-refractivity contribution in [1.29, 1.82) is 0 Å². The lowest BCUT2D eigenvalue weighted by Gasteiger charge is -2.23. The van der Waals surface area contributed by atoms with Gasteiger partial charge in [0.2, 0.25) is 5.91 Å². The number of Topliss-reactive ketones (excluding diaryl/α,β-unsaturated/α-hetero) is 1. The van der Waals surface area contributed by atoms with Gasteiger partial charge in [0.1, 0.15) is 5.60 Å². The van der Waals surface area contributed by atoms with Crippen LogP contribution in [0.3, 0.4) is 0 Å². The van der Waals surface area contributed by atoms with Crippen LogP contribution in [-0.4, -0.2) is 42.5 Å². The first-order chi connectivity index (χ1) is 15.6. The number of esters is 1. The summed E-state index contributed by atoms with van der Waals surface area (Å²) in [5, 5.41) is 5.11. The van der Waals surface area contributed by atoms with Gasteiger partial charge in [-0.2, -0.15) is 0 Å². The average Bonchev–Trinajstić information content (AvgIpc) is 2.76. The molecule has 0 fully saturated rings. The zero-order valence-electron chi connectivity index (χ0n) is 19.3. The van der Waals surface area contributed by atoms with E-state index in [0.29, 0.717) is 5.56 Å². The van der Waals surface area contributed by atoms with Crippen molar-refractivity contribution in [2.75, 3.05) is 7.11 Å². The third-order valence-corrected chi connectivity index (χ3v) is 4.57. The molecule has 2 N–H and O–H groups in total. The molecule has 0 aromatic heterocycles. The molecule has 0 aliphatic rings. The van der Waals surface area contributed by atoms with E-state index in [0.717, 1.165) is 5.56 Å². The van der Waals surface area contributed by atoms with E-state index >= 15 is 0 Å². The number of amides is 2. The maximum atomic E-state index is 13.0. The number of carbonyl (C=O) groups excluding carboxylic acids is 4. The SMILES string of the molecule is COC(=O)[C@@H](NC(=O)CC(=O)[C@@H](Cc1ccccc1)NC(=O)OC(C)(C)C)c1ccccc1. The van der Waals surface area contributed by atoms with E-state index in [1.807, 2.05) is 30.3 Å². The normalized spacial score (nSPS) is 12.7. The highest BCUT2D eigenvalue weighted by Gasteiger charge is 2.29. The maximum Gasteiger partial charge on any atom is 0.408 e. The lowest BCUT2D eigenvalue weighted by molar-refractivity contribution is -0.145. The van der Waals surface area contributed by atoms with Gasteiger partial charge < -0.3 is 20.1 Å². The van der Waals surface area contributed by atoms with Crippen molar-refractivity contribution in [3.63, 3.8) is 0 Å². The van der Waals surface area contributed by atoms with Gasteiger partial charge in [-0.1, -0.05) is 60.7 Å². The van der Waals surface area contributed by atoms with Gasteiger partial charge in [-0.25, -0.2) is 9.59 Å². The van der Waals surface area contributed by atoms with E-state index in [-0.39, 0.29) is 6.42 Å². The molecule has 2 atom stereocenters. The summed E-state index contributed by atoms with van der Waals surface area (Å²) >= 11 is 0. The summed E-state index contributed by atoms with van der Waals surface area (Å²) in [6.45, 7) is 5.14. The van der Waals surface area contributed by atoms with E-state index < -0.39 is 47.9 Å². The minimum absolute atomic E-state index is 0.186. The van der Waals surface area contributed by atoms with E-state index in [4.69, 9.17) is 9.47 Å². The van der Waals surface area contributed by atoms with Gasteiger partial charge in [0.25, 0.3) is 0 Å². The second kappa shape index (κ2) is 11.8. The second-order valence-corrected chi connectivity index (χ2v) is 8.47. The Morgan fingerprint density at radius 1 is 0.879 bits per heavy atom. The van der Waals surface area contributed by atoms with Gasteiger partial charge in [-0.05, 0) is 38.3 Å². The Morgan fingerprint density at radius 2 is 1.45 bits per heavy atom. The maximum absolute atomic E-state index is 13.0. The Kier molecular flexibility index (Phi) is 9.15. The molecule has 2 amide bonds. The van der Waals surface area contributed by atoms with Crippen LogP contribution in [0.2, 0.25) is 0 Å². The van der Waals surface area contributed by atoms with Crippen LogP contribution >= 0.6 is 0 Å². The Morgan fingerprint density at radius 3 is 2.00 bits per heavy atom. The first-order valence-electron chi connectivity index (χ1n) is 10.6. The molecular formula is C25H30N2O6. The summed E-state index contributed by atoms with van der Waals surface area (Å²) in [6.07, 6.45) is -1.10. The van der Waals surface area contributed by atoms with Gasteiger partial charge in [0, 0.05) is 0 Å². The molecule has 0 aliphatic carbocycles. The largest absolute Gasteiger partial charge is 0.467 e. The quantitative estimate of drug-likeness (QED) is 0.445. The fourth-order valence-corrected chi connectivity index (χ4v) is 3.08. The predicted molar refractivity (Wildman–Crippen MR) is 122 cm³/mol. The van der Waals surface area contributed by atoms with Gasteiger partial charge in [0.05, 0.1) is 19.6 Å². The predicted octanol–water partition coefficient (Wildman–Crippen LogP) is 3.11. The fraction of sp³-hybridized carbons (Fsp3) is 0.360. The highest BCUT2D eigenvalue weighted by atomic mass is 16.6. The van der Waals surface area contributed by atoms with Crippen LogP contribution in [0.15, 0.2) is 60.7 Å². The minimum atomic E-state index is -1.05. The Labute approximate surface area is 193 Å². The monoisotopic (exact) mass is 454 g/mol. The molecule has 176 valence electrons. The van der Waals surface area contributed by atoms with E-state index in [2.05, 4.69) is 10.6 Å². The van der Waals surface area contributed by atoms with Crippen molar-refractivity contribution in [2.24, 2.45) is 0 Å². The number of rotatable bonds is 9. The first kappa shape index (κ1) is 25.6. The van der Waals surface area contributed by atoms with Crippen molar-refractivity contribution in [3.05, 3.63) is 71.8 Å². The first-order valence-corrected chi connectivity index (χ1v) is 10.6. The van der Waals surface area contributed by atoms with Crippen molar-refractivity contribution in [1.82, 2.24) is 10.6 Å². The standard InChI is InChI=1S/C25H30N2O6/c1-25(2,3)33-24(31)26-19(15-17-11-7-5-8-12-17)20(28)16-21(29)27-22(23(30)32-4)18-13-9-6-10-14-18/h5-14,19,22H,15-16H2,1-4H3,(H,26,31)(H,27,29)/t19-,22+/m1/s1. The molecule has 0 heterocycles. The average molecular weight is 455 g/mol. The van der Waals surface area contributed by atoms with Gasteiger partial charge in [-0.3, -0.25) is 9.59 Å². The number of nitrogens with one attached hydrogen (secondary N) is 2. The fourth-order valence-electron chi connectivity index (χ4n) is 3.08. The Balaban J connectivity index is 2.12. The van der Waals surface area contributed by atoms with Crippen LogP contribution < -0.4 is 10.6 Å². The third kappa shape index (κ3) is 8.76. The van der Waals surface area contributed by atoms with Crippen molar-refractivity contribution in [2.45, 2.75) is 51.3 Å². The van der Waals surface area contributed by atoms with Crippen LogP contribution in [0.25, 0.3) is 0 Å². The van der Waals surface area contributed by atoms with Crippen LogP contribution in [0.1, 0.15) is 44.4 Å². The number of ether oxygens (including phenoxy) is 2. The summed E-state index contributed by atoms with van der Waals surface area (Å²) < 4.78 is 10.1. The smallest absolute Gasteiger partial charge is 0.408 e. The lowest BCUT2D eigenvalue weighted by atomic mass is 10.00. The van der Waals surface area contributed by atoms with Crippen LogP contribution in [0.4, 0.5) is 4.79 Å². The van der Waals surface area contributed by atoms with Crippen molar-refractivity contribution in [3.8, 4) is 0 Å². The molecular weight excluding hydrogens is 424 g/mol. The molecule has 0 radical (unpaired) electrons. The lowest BCUT2D eigenvalue weighted by Crippen LogP contribution is -2.46. The van der Waals surface area contributed by atoms with E-state index in [1.54, 1.807) is 51.1 Å². The molecule has 2 rings (SSSR count). The summed E-state index contributed by atoms with van der Waals surface area (Å²) in [5.41, 5.74) is 0.590. The molecule has 0 aliphatic heterocycles. The van der Waals surface area contributed by atoms with Crippen molar-refractivity contribution < 1.29 is 28.7 Å². The van der Waals surface area contributed by atoms with Crippen LogP contribution in [-0.2, 0) is 30.3 Å². The van der Waals surface area contributed by atoms with Crippen molar-refractivity contribution >= 4 is 23.8 Å². The number of alkyl carbamates (subject to hydrolysis) is 1. The number of carbonyl (C=O) groups is 4. The number of hydrogen-bond acceptors (Lipinski definition) is 6. The van der Waals surface area contributed by atoms with Crippen LogP contribution in [0.5, 0.6) is 0 Å². The minimum Gasteiger partial charge on any atom is -0.467 e. The number of methoxy groups -OCH3 is 1. The highest BCUT2D eigenvalue weighted by Crippen LogP contribution is 2.15. The third-order valence-electron chi connectivity index (χ3n) is 4.57. The van der Waals surface area contributed by atoms with Crippen LogP contribution in [0, 0.1) is 0 Å². The Hall–Kier alpha value is -3.68. The highest BCUT2D eigenvalue weighted by molar-refractivity contribution is 6.02. The summed E-state index contributed by atoms with van der Waals surface area (Å²) in [5.74, 6) is -1.84. The topological polar surface area (TPSA) is 111 Å². The number of benzene rings is 2. The summed E-state index contributed by atoms with van der Waals surface area (Å²) in [4.78, 5) is 50.1. The molecule has 8 heteroatoms. The zero-order valence-corrected chi connectivity index (χ0v) is 19.3. The molecule has 2 aromatic carbocycles. The molecule has 0 unspecified atom stereocenters. The second-order valence-electron chi connectivity index (χ2n) is 8.47.